The minimum absolute atomic E-state index is 0. The average Bonchev–Trinajstić information content (AvgIpc) is 2.84. The molecule has 2 amide bonds. The molecule has 0 bridgehead atoms. The Labute approximate surface area is 147 Å². The highest BCUT2D eigenvalue weighted by atomic mass is 35.5. The molecule has 23 heavy (non-hydrogen) atoms. The Morgan fingerprint density at radius 1 is 1.30 bits per heavy atom. The summed E-state index contributed by atoms with van der Waals surface area (Å²) in [6, 6.07) is 4.95. The van der Waals surface area contributed by atoms with Crippen LogP contribution in [0, 0.1) is 5.92 Å². The number of nitrogens with one attached hydrogen (secondary N) is 2. The lowest BCUT2D eigenvalue weighted by Crippen LogP contribution is -2.31. The molecular weight excluding hydrogens is 337 g/mol. The number of benzene rings is 1. The van der Waals surface area contributed by atoms with Crippen molar-refractivity contribution in [3.05, 3.63) is 28.8 Å². The maximum Gasteiger partial charge on any atom is 0.253 e. The summed E-state index contributed by atoms with van der Waals surface area (Å²) in [6.45, 7) is 3.76. The highest BCUT2D eigenvalue weighted by molar-refractivity contribution is 6.31. The lowest BCUT2D eigenvalue weighted by molar-refractivity contribution is -0.119. The zero-order chi connectivity index (χ0) is 16.3. The third kappa shape index (κ3) is 5.37. The van der Waals surface area contributed by atoms with E-state index in [9.17, 15) is 9.59 Å². The van der Waals surface area contributed by atoms with Gasteiger partial charge in [0.15, 0.2) is 0 Å². The van der Waals surface area contributed by atoms with E-state index >= 15 is 0 Å². The van der Waals surface area contributed by atoms with E-state index in [1.54, 1.807) is 18.2 Å². The number of nitrogens with two attached hydrogens (primary N) is 1. The van der Waals surface area contributed by atoms with Crippen LogP contribution in [0.2, 0.25) is 5.02 Å². The van der Waals surface area contributed by atoms with E-state index in [4.69, 9.17) is 17.3 Å². The fourth-order valence-electron chi connectivity index (χ4n) is 2.65. The fraction of sp³-hybridized carbons (Fsp3) is 0.500. The Morgan fingerprint density at radius 3 is 2.57 bits per heavy atom. The summed E-state index contributed by atoms with van der Waals surface area (Å²) in [7, 11) is 0. The number of amides is 2. The molecule has 5 nitrogen and oxygen atoms in total. The molecule has 1 aliphatic carbocycles. The molecule has 2 rings (SSSR count). The summed E-state index contributed by atoms with van der Waals surface area (Å²) in [6.07, 6.45) is 2.31. The minimum Gasteiger partial charge on any atom is -0.350 e. The molecule has 0 aromatic heterocycles. The van der Waals surface area contributed by atoms with Crippen LogP contribution < -0.4 is 16.4 Å². The van der Waals surface area contributed by atoms with Crippen LogP contribution in [0.1, 0.15) is 43.5 Å². The zero-order valence-electron chi connectivity index (χ0n) is 13.3. The van der Waals surface area contributed by atoms with Crippen molar-refractivity contribution in [1.29, 1.82) is 0 Å². The lowest BCUT2D eigenvalue weighted by atomic mass is 10.1. The average molecular weight is 360 g/mol. The van der Waals surface area contributed by atoms with Gasteiger partial charge < -0.3 is 16.4 Å². The molecule has 7 heteroatoms. The van der Waals surface area contributed by atoms with Crippen LogP contribution in [0.3, 0.4) is 0 Å². The van der Waals surface area contributed by atoms with Crippen molar-refractivity contribution in [2.75, 3.05) is 5.32 Å². The van der Waals surface area contributed by atoms with Gasteiger partial charge >= 0.3 is 0 Å². The third-order valence-electron chi connectivity index (χ3n) is 3.75. The second-order valence-electron chi connectivity index (χ2n) is 6.08. The van der Waals surface area contributed by atoms with Crippen molar-refractivity contribution in [3.63, 3.8) is 0 Å². The van der Waals surface area contributed by atoms with Gasteiger partial charge in [0.2, 0.25) is 5.91 Å². The predicted octanol–water partition coefficient (Wildman–Crippen LogP) is 2.97. The number of carbonyl (C=O) groups excluding carboxylic acids is 2. The standard InChI is InChI=1S/C16H22ClN3O2.ClH/c1-9(2)19-16(22)13-6-4-11(17)8-14(13)20-15(21)10-3-5-12(18)7-10;/h4,6,8-10,12H,3,5,7,18H2,1-2H3,(H,19,22)(H,20,21);1H. The number of anilines is 1. The van der Waals surface area contributed by atoms with Gasteiger partial charge in [0.25, 0.3) is 5.91 Å². The summed E-state index contributed by atoms with van der Waals surface area (Å²) < 4.78 is 0. The van der Waals surface area contributed by atoms with E-state index in [2.05, 4.69) is 10.6 Å². The van der Waals surface area contributed by atoms with E-state index in [-0.39, 0.29) is 42.2 Å². The van der Waals surface area contributed by atoms with E-state index in [0.717, 1.165) is 12.8 Å². The van der Waals surface area contributed by atoms with Gasteiger partial charge in [-0.15, -0.1) is 12.4 Å². The van der Waals surface area contributed by atoms with Crippen molar-refractivity contribution in [2.24, 2.45) is 11.7 Å². The molecule has 0 saturated heterocycles. The van der Waals surface area contributed by atoms with Gasteiger partial charge in [0.05, 0.1) is 11.3 Å². The van der Waals surface area contributed by atoms with Gasteiger partial charge in [-0.1, -0.05) is 11.6 Å². The van der Waals surface area contributed by atoms with Crippen molar-refractivity contribution >= 4 is 41.5 Å². The van der Waals surface area contributed by atoms with E-state index < -0.39 is 0 Å². The number of hydrogen-bond donors (Lipinski definition) is 3. The van der Waals surface area contributed by atoms with E-state index in [1.165, 1.54) is 0 Å². The maximum absolute atomic E-state index is 12.3. The number of hydrogen-bond acceptors (Lipinski definition) is 3. The molecular formula is C16H23Cl2N3O2. The molecule has 128 valence electrons. The fourth-order valence-corrected chi connectivity index (χ4v) is 2.82. The molecule has 4 N–H and O–H groups in total. The highest BCUT2D eigenvalue weighted by Gasteiger charge is 2.28. The number of halogens is 2. The first-order chi connectivity index (χ1) is 10.4. The van der Waals surface area contributed by atoms with Gasteiger partial charge in [-0.2, -0.15) is 0 Å². The Kier molecular flexibility index (Phi) is 7.32. The van der Waals surface area contributed by atoms with Crippen LogP contribution >= 0.6 is 24.0 Å². The molecule has 2 unspecified atom stereocenters. The first-order valence-electron chi connectivity index (χ1n) is 7.53. The van der Waals surface area contributed by atoms with Crippen molar-refractivity contribution in [1.82, 2.24) is 5.32 Å². The summed E-state index contributed by atoms with van der Waals surface area (Å²) in [5, 5.41) is 6.12. The topological polar surface area (TPSA) is 84.2 Å². The van der Waals surface area contributed by atoms with E-state index in [1.807, 2.05) is 13.8 Å². The molecule has 0 heterocycles. The molecule has 1 fully saturated rings. The van der Waals surface area contributed by atoms with Crippen LogP contribution in [0.4, 0.5) is 5.69 Å². The van der Waals surface area contributed by atoms with E-state index in [0.29, 0.717) is 22.7 Å². The highest BCUT2D eigenvalue weighted by Crippen LogP contribution is 2.27. The molecule has 0 aliphatic heterocycles. The van der Waals surface area contributed by atoms with Gasteiger partial charge in [0.1, 0.15) is 0 Å². The normalized spacial score (nSPS) is 20.0. The number of rotatable bonds is 4. The second kappa shape index (κ2) is 8.52. The third-order valence-corrected chi connectivity index (χ3v) is 3.98. The van der Waals surface area contributed by atoms with Crippen LogP contribution in [0.25, 0.3) is 0 Å². The summed E-state index contributed by atoms with van der Waals surface area (Å²) in [5.74, 6) is -0.436. The largest absolute Gasteiger partial charge is 0.350 e. The van der Waals surface area contributed by atoms with Crippen LogP contribution in [0.15, 0.2) is 18.2 Å². The minimum atomic E-state index is -0.231. The molecule has 1 aromatic carbocycles. The first-order valence-corrected chi connectivity index (χ1v) is 7.91. The maximum atomic E-state index is 12.3. The Bertz CT molecular complexity index is 578. The Morgan fingerprint density at radius 2 is 2.00 bits per heavy atom. The molecule has 0 radical (unpaired) electrons. The molecule has 2 atom stereocenters. The number of carbonyl (C=O) groups is 2. The molecule has 0 spiro atoms. The molecule has 1 saturated carbocycles. The summed E-state index contributed by atoms with van der Waals surface area (Å²) in [4.78, 5) is 24.5. The van der Waals surface area contributed by atoms with Crippen LogP contribution in [-0.2, 0) is 4.79 Å². The molecule has 1 aliphatic rings. The first kappa shape index (κ1) is 19.7. The SMILES string of the molecule is CC(C)NC(=O)c1ccc(Cl)cc1NC(=O)C1CCC(N)C1.Cl. The molecule has 1 aromatic rings. The Hall–Kier alpha value is -1.30. The van der Waals surface area contributed by atoms with Crippen molar-refractivity contribution < 1.29 is 9.59 Å². The predicted molar refractivity (Wildman–Crippen MR) is 95.2 cm³/mol. The van der Waals surface area contributed by atoms with Gasteiger partial charge in [0, 0.05) is 23.0 Å². The van der Waals surface area contributed by atoms with Crippen molar-refractivity contribution in [3.8, 4) is 0 Å². The summed E-state index contributed by atoms with van der Waals surface area (Å²) in [5.41, 5.74) is 6.70. The monoisotopic (exact) mass is 359 g/mol. The Balaban J connectivity index is 0.00000264. The second-order valence-corrected chi connectivity index (χ2v) is 6.51. The van der Waals surface area contributed by atoms with Crippen LogP contribution in [-0.4, -0.2) is 23.9 Å². The van der Waals surface area contributed by atoms with Gasteiger partial charge in [-0.05, 0) is 51.3 Å². The summed E-state index contributed by atoms with van der Waals surface area (Å²) >= 11 is 5.99. The lowest BCUT2D eigenvalue weighted by Gasteiger charge is -2.15. The van der Waals surface area contributed by atoms with Crippen LogP contribution in [0.5, 0.6) is 0 Å². The quantitative estimate of drug-likeness (QED) is 0.772. The van der Waals surface area contributed by atoms with Gasteiger partial charge in [-0.3, -0.25) is 9.59 Å². The van der Waals surface area contributed by atoms with Crippen molar-refractivity contribution in [2.45, 2.75) is 45.2 Å². The smallest absolute Gasteiger partial charge is 0.253 e. The van der Waals surface area contributed by atoms with Gasteiger partial charge in [-0.25, -0.2) is 0 Å². The zero-order valence-corrected chi connectivity index (χ0v) is 14.8.